The Labute approximate surface area is 217 Å². The second-order valence-electron chi connectivity index (χ2n) is 9.20. The first-order valence-electron chi connectivity index (χ1n) is 12.0. The monoisotopic (exact) mass is 521 g/mol. The SMILES string of the molecule is COc1ccc(C)cc1N(CC(=O)Nc1ccc(N2CCCC2=O)c(C)c1)S(=O)(=O)c1ccc(C)cc1. The molecule has 1 N–H and O–H groups in total. The second-order valence-corrected chi connectivity index (χ2v) is 11.1. The zero-order valence-electron chi connectivity index (χ0n) is 21.4. The van der Waals surface area contributed by atoms with E-state index in [1.165, 1.54) is 19.2 Å². The summed E-state index contributed by atoms with van der Waals surface area (Å²) in [6.07, 6.45) is 1.36. The third-order valence-electron chi connectivity index (χ3n) is 6.34. The van der Waals surface area contributed by atoms with Gasteiger partial charge in [0.15, 0.2) is 0 Å². The van der Waals surface area contributed by atoms with Gasteiger partial charge in [0.05, 0.1) is 17.7 Å². The first-order valence-corrected chi connectivity index (χ1v) is 13.5. The van der Waals surface area contributed by atoms with Crippen LogP contribution in [0.4, 0.5) is 17.1 Å². The van der Waals surface area contributed by atoms with Crippen LogP contribution in [-0.2, 0) is 19.6 Å². The summed E-state index contributed by atoms with van der Waals surface area (Å²) in [6, 6.07) is 17.0. The topological polar surface area (TPSA) is 96.0 Å². The van der Waals surface area contributed by atoms with Crippen LogP contribution in [-0.4, -0.2) is 40.4 Å². The number of benzene rings is 3. The lowest BCUT2D eigenvalue weighted by Crippen LogP contribution is -2.38. The van der Waals surface area contributed by atoms with Gasteiger partial charge in [0.2, 0.25) is 11.8 Å². The van der Waals surface area contributed by atoms with Crippen molar-refractivity contribution in [2.24, 2.45) is 0 Å². The van der Waals surface area contributed by atoms with Gasteiger partial charge in [0, 0.05) is 24.3 Å². The van der Waals surface area contributed by atoms with Crippen LogP contribution in [0.3, 0.4) is 0 Å². The molecule has 1 heterocycles. The minimum absolute atomic E-state index is 0.0740. The molecule has 0 atom stereocenters. The maximum absolute atomic E-state index is 13.7. The van der Waals surface area contributed by atoms with E-state index in [1.54, 1.807) is 47.4 Å². The molecular weight excluding hydrogens is 490 g/mol. The van der Waals surface area contributed by atoms with Crippen molar-refractivity contribution in [3.05, 3.63) is 77.4 Å². The Morgan fingerprint density at radius 3 is 2.32 bits per heavy atom. The summed E-state index contributed by atoms with van der Waals surface area (Å²) in [5, 5.41) is 2.81. The van der Waals surface area contributed by atoms with E-state index in [0.717, 1.165) is 33.1 Å². The van der Waals surface area contributed by atoms with Crippen LogP contribution >= 0.6 is 0 Å². The van der Waals surface area contributed by atoms with Crippen molar-refractivity contribution in [2.45, 2.75) is 38.5 Å². The number of rotatable bonds is 8. The first kappa shape index (κ1) is 26.2. The highest BCUT2D eigenvalue weighted by Gasteiger charge is 2.30. The molecule has 1 fully saturated rings. The molecule has 3 aromatic carbocycles. The molecule has 1 aliphatic heterocycles. The molecule has 0 bridgehead atoms. The second kappa shape index (κ2) is 10.6. The summed E-state index contributed by atoms with van der Waals surface area (Å²) in [4.78, 5) is 27.2. The highest BCUT2D eigenvalue weighted by molar-refractivity contribution is 7.92. The summed E-state index contributed by atoms with van der Waals surface area (Å²) in [5.74, 6) is -0.0860. The Hall–Kier alpha value is -3.85. The molecule has 0 aliphatic carbocycles. The van der Waals surface area contributed by atoms with Gasteiger partial charge in [-0.3, -0.25) is 13.9 Å². The van der Waals surface area contributed by atoms with Crippen LogP contribution in [0.2, 0.25) is 0 Å². The Morgan fingerprint density at radius 2 is 1.70 bits per heavy atom. The Morgan fingerprint density at radius 1 is 1.00 bits per heavy atom. The minimum Gasteiger partial charge on any atom is -0.495 e. The number of amides is 2. The van der Waals surface area contributed by atoms with Gasteiger partial charge in [-0.2, -0.15) is 0 Å². The molecule has 0 aromatic heterocycles. The van der Waals surface area contributed by atoms with Crippen molar-refractivity contribution in [3.63, 3.8) is 0 Å². The van der Waals surface area contributed by atoms with Crippen molar-refractivity contribution in [1.29, 1.82) is 0 Å². The molecule has 2 amide bonds. The molecule has 0 saturated carbocycles. The quantitative estimate of drug-likeness (QED) is 0.468. The van der Waals surface area contributed by atoms with Crippen molar-refractivity contribution in [3.8, 4) is 5.75 Å². The molecular formula is C28H31N3O5S. The van der Waals surface area contributed by atoms with E-state index in [9.17, 15) is 18.0 Å². The number of aryl methyl sites for hydroxylation is 3. The predicted octanol–water partition coefficient (Wildman–Crippen LogP) is 4.58. The van der Waals surface area contributed by atoms with E-state index in [-0.39, 0.29) is 16.5 Å². The summed E-state index contributed by atoms with van der Waals surface area (Å²) < 4.78 is 34.0. The van der Waals surface area contributed by atoms with Crippen LogP contribution in [0.25, 0.3) is 0 Å². The minimum atomic E-state index is -4.09. The van der Waals surface area contributed by atoms with Crippen molar-refractivity contribution in [2.75, 3.05) is 34.7 Å². The number of hydrogen-bond acceptors (Lipinski definition) is 5. The standard InChI is InChI=1S/C28H31N3O5S/c1-19-7-11-23(12-8-19)37(34,35)31(25-16-20(2)9-14-26(25)36-4)18-27(32)29-22-10-13-24(21(3)17-22)30-15-5-6-28(30)33/h7-14,16-17H,5-6,15,18H2,1-4H3,(H,29,32). The number of ether oxygens (including phenoxy) is 1. The van der Waals surface area contributed by atoms with Crippen LogP contribution in [0.1, 0.15) is 29.5 Å². The number of carbonyl (C=O) groups excluding carboxylic acids is 2. The highest BCUT2D eigenvalue weighted by atomic mass is 32.2. The van der Waals surface area contributed by atoms with E-state index >= 15 is 0 Å². The third-order valence-corrected chi connectivity index (χ3v) is 8.12. The van der Waals surface area contributed by atoms with Crippen LogP contribution in [0.5, 0.6) is 5.75 Å². The lowest BCUT2D eigenvalue weighted by molar-refractivity contribution is -0.117. The van der Waals surface area contributed by atoms with Crippen LogP contribution in [0.15, 0.2) is 65.6 Å². The number of methoxy groups -OCH3 is 1. The fraction of sp³-hybridized carbons (Fsp3) is 0.286. The Kier molecular flexibility index (Phi) is 7.54. The number of nitrogens with one attached hydrogen (secondary N) is 1. The normalized spacial score (nSPS) is 13.5. The number of nitrogens with zero attached hydrogens (tertiary/aromatic N) is 2. The van der Waals surface area contributed by atoms with E-state index in [0.29, 0.717) is 24.4 Å². The largest absolute Gasteiger partial charge is 0.495 e. The molecule has 37 heavy (non-hydrogen) atoms. The van der Waals surface area contributed by atoms with Gasteiger partial charge in [0.1, 0.15) is 12.3 Å². The van der Waals surface area contributed by atoms with E-state index in [1.807, 2.05) is 26.8 Å². The zero-order chi connectivity index (χ0) is 26.7. The molecule has 1 aliphatic rings. The molecule has 1 saturated heterocycles. The fourth-order valence-electron chi connectivity index (χ4n) is 4.40. The lowest BCUT2D eigenvalue weighted by Gasteiger charge is -2.26. The highest BCUT2D eigenvalue weighted by Crippen LogP contribution is 2.34. The Balaban J connectivity index is 1.64. The summed E-state index contributed by atoms with van der Waals surface area (Å²) in [7, 11) is -2.63. The number of anilines is 3. The van der Waals surface area contributed by atoms with Crippen LogP contribution < -0.4 is 19.3 Å². The Bertz CT molecular complexity index is 1430. The van der Waals surface area contributed by atoms with E-state index in [2.05, 4.69) is 5.32 Å². The molecule has 8 nitrogen and oxygen atoms in total. The van der Waals surface area contributed by atoms with Gasteiger partial charge in [-0.1, -0.05) is 23.8 Å². The zero-order valence-corrected chi connectivity index (χ0v) is 22.3. The van der Waals surface area contributed by atoms with Crippen molar-refractivity contribution < 1.29 is 22.7 Å². The molecule has 194 valence electrons. The molecule has 3 aromatic rings. The number of carbonyl (C=O) groups is 2. The maximum Gasteiger partial charge on any atom is 0.264 e. The lowest BCUT2D eigenvalue weighted by atomic mass is 10.1. The first-order chi connectivity index (χ1) is 17.6. The third kappa shape index (κ3) is 5.61. The van der Waals surface area contributed by atoms with Crippen molar-refractivity contribution >= 4 is 38.9 Å². The van der Waals surface area contributed by atoms with Crippen LogP contribution in [0, 0.1) is 20.8 Å². The van der Waals surface area contributed by atoms with Gasteiger partial charge in [-0.05, 0) is 80.8 Å². The van der Waals surface area contributed by atoms with E-state index < -0.39 is 22.5 Å². The maximum atomic E-state index is 13.7. The number of sulfonamides is 1. The van der Waals surface area contributed by atoms with Gasteiger partial charge < -0.3 is 15.0 Å². The van der Waals surface area contributed by atoms with Gasteiger partial charge in [-0.15, -0.1) is 0 Å². The van der Waals surface area contributed by atoms with Crippen molar-refractivity contribution in [1.82, 2.24) is 0 Å². The molecule has 4 rings (SSSR count). The summed E-state index contributed by atoms with van der Waals surface area (Å²) in [5.41, 5.74) is 4.19. The van der Waals surface area contributed by atoms with Gasteiger partial charge >= 0.3 is 0 Å². The number of hydrogen-bond donors (Lipinski definition) is 1. The van der Waals surface area contributed by atoms with Gasteiger partial charge in [-0.25, -0.2) is 8.42 Å². The molecule has 9 heteroatoms. The average Bonchev–Trinajstić information content (AvgIpc) is 3.28. The molecule has 0 unspecified atom stereocenters. The molecule has 0 radical (unpaired) electrons. The summed E-state index contributed by atoms with van der Waals surface area (Å²) in [6.45, 7) is 5.81. The predicted molar refractivity (Wildman–Crippen MR) is 145 cm³/mol. The van der Waals surface area contributed by atoms with E-state index in [4.69, 9.17) is 4.74 Å². The van der Waals surface area contributed by atoms with Gasteiger partial charge in [0.25, 0.3) is 10.0 Å². The molecule has 0 spiro atoms. The average molecular weight is 522 g/mol. The fourth-order valence-corrected chi connectivity index (χ4v) is 5.83. The summed E-state index contributed by atoms with van der Waals surface area (Å²) >= 11 is 0. The smallest absolute Gasteiger partial charge is 0.264 e.